The Kier molecular flexibility index (Phi) is 2.79. The number of rotatable bonds is 2. The average molecular weight is 185 g/mol. The molecule has 0 bridgehead atoms. The zero-order chi connectivity index (χ0) is 9.84. The standard InChI is InChI=1S/C8H8FNO3/c1-12-6-3-5(8(11)13-2)4-10-7(6)9/h3-4H,1-2H3. The van der Waals surface area contributed by atoms with Crippen LogP contribution in [0.15, 0.2) is 12.3 Å². The maximum absolute atomic E-state index is 12.7. The van der Waals surface area contributed by atoms with Gasteiger partial charge >= 0.3 is 5.97 Å². The number of methoxy groups -OCH3 is 2. The molecule has 1 aromatic heterocycles. The highest BCUT2D eigenvalue weighted by Crippen LogP contribution is 2.15. The molecule has 0 fully saturated rings. The first-order valence-electron chi connectivity index (χ1n) is 3.47. The summed E-state index contributed by atoms with van der Waals surface area (Å²) in [7, 11) is 2.53. The predicted octanol–water partition coefficient (Wildman–Crippen LogP) is 1.02. The zero-order valence-corrected chi connectivity index (χ0v) is 7.20. The van der Waals surface area contributed by atoms with Gasteiger partial charge in [-0.3, -0.25) is 0 Å². The number of esters is 1. The summed E-state index contributed by atoms with van der Waals surface area (Å²) in [6.45, 7) is 0. The van der Waals surface area contributed by atoms with Crippen molar-refractivity contribution in [3.05, 3.63) is 23.8 Å². The van der Waals surface area contributed by atoms with Crippen LogP contribution in [0.25, 0.3) is 0 Å². The molecule has 0 unspecified atom stereocenters. The smallest absolute Gasteiger partial charge is 0.339 e. The molecule has 0 aliphatic heterocycles. The van der Waals surface area contributed by atoms with Gasteiger partial charge in [-0.25, -0.2) is 9.78 Å². The summed E-state index contributed by atoms with van der Waals surface area (Å²) in [5, 5.41) is 0. The molecule has 0 saturated heterocycles. The monoisotopic (exact) mass is 185 g/mol. The fourth-order valence-electron chi connectivity index (χ4n) is 0.801. The Morgan fingerprint density at radius 1 is 1.54 bits per heavy atom. The van der Waals surface area contributed by atoms with Crippen LogP contribution >= 0.6 is 0 Å². The zero-order valence-electron chi connectivity index (χ0n) is 7.20. The van der Waals surface area contributed by atoms with E-state index in [-0.39, 0.29) is 11.3 Å². The van der Waals surface area contributed by atoms with Crippen LogP contribution < -0.4 is 4.74 Å². The Balaban J connectivity index is 3.06. The third-order valence-corrected chi connectivity index (χ3v) is 1.45. The highest BCUT2D eigenvalue weighted by Gasteiger charge is 2.10. The van der Waals surface area contributed by atoms with Crippen molar-refractivity contribution in [2.45, 2.75) is 0 Å². The molecule has 0 aliphatic rings. The molecule has 1 aromatic rings. The molecule has 0 N–H and O–H groups in total. The van der Waals surface area contributed by atoms with E-state index in [0.717, 1.165) is 6.20 Å². The Hall–Kier alpha value is -1.65. The third kappa shape index (κ3) is 1.93. The van der Waals surface area contributed by atoms with Crippen LogP contribution in [0.2, 0.25) is 0 Å². The number of nitrogens with zero attached hydrogens (tertiary/aromatic N) is 1. The number of carbonyl (C=O) groups is 1. The second-order valence-corrected chi connectivity index (χ2v) is 2.21. The fourth-order valence-corrected chi connectivity index (χ4v) is 0.801. The summed E-state index contributed by atoms with van der Waals surface area (Å²) < 4.78 is 21.8. The van der Waals surface area contributed by atoms with Gasteiger partial charge in [0.15, 0.2) is 5.75 Å². The van der Waals surface area contributed by atoms with E-state index in [1.807, 2.05) is 0 Å². The molecule has 0 atom stereocenters. The van der Waals surface area contributed by atoms with Gasteiger partial charge in [0.1, 0.15) is 0 Å². The lowest BCUT2D eigenvalue weighted by Crippen LogP contribution is -2.03. The normalized spacial score (nSPS) is 9.46. The molecule has 4 nitrogen and oxygen atoms in total. The first-order chi connectivity index (χ1) is 6.19. The summed E-state index contributed by atoms with van der Waals surface area (Å²) in [5.74, 6) is -1.41. The number of pyridine rings is 1. The van der Waals surface area contributed by atoms with Crippen LogP contribution in [0.1, 0.15) is 10.4 Å². The first kappa shape index (κ1) is 9.44. The SMILES string of the molecule is COC(=O)c1cnc(F)c(OC)c1. The largest absolute Gasteiger partial charge is 0.492 e. The second-order valence-electron chi connectivity index (χ2n) is 2.21. The van der Waals surface area contributed by atoms with Crippen LogP contribution in [0.5, 0.6) is 5.75 Å². The molecular weight excluding hydrogens is 177 g/mol. The Labute approximate surface area is 74.3 Å². The average Bonchev–Trinajstić information content (AvgIpc) is 2.17. The van der Waals surface area contributed by atoms with E-state index in [2.05, 4.69) is 14.5 Å². The van der Waals surface area contributed by atoms with Gasteiger partial charge in [0.25, 0.3) is 5.95 Å². The van der Waals surface area contributed by atoms with Gasteiger partial charge in [-0.1, -0.05) is 0 Å². The van der Waals surface area contributed by atoms with Gasteiger partial charge < -0.3 is 9.47 Å². The van der Waals surface area contributed by atoms with Crippen LogP contribution in [0.4, 0.5) is 4.39 Å². The molecule has 5 heteroatoms. The van der Waals surface area contributed by atoms with Crippen molar-refractivity contribution in [3.8, 4) is 5.75 Å². The van der Waals surface area contributed by atoms with Gasteiger partial charge in [-0.15, -0.1) is 0 Å². The second kappa shape index (κ2) is 3.84. The Morgan fingerprint density at radius 2 is 2.23 bits per heavy atom. The molecular formula is C8H8FNO3. The highest BCUT2D eigenvalue weighted by molar-refractivity contribution is 5.89. The number of halogens is 1. The van der Waals surface area contributed by atoms with Crippen LogP contribution in [-0.4, -0.2) is 25.2 Å². The Morgan fingerprint density at radius 3 is 2.77 bits per heavy atom. The van der Waals surface area contributed by atoms with Crippen molar-refractivity contribution in [1.29, 1.82) is 0 Å². The van der Waals surface area contributed by atoms with E-state index >= 15 is 0 Å². The summed E-state index contributed by atoms with van der Waals surface area (Å²) in [4.78, 5) is 14.3. The number of hydrogen-bond acceptors (Lipinski definition) is 4. The van der Waals surface area contributed by atoms with Crippen molar-refractivity contribution in [2.24, 2.45) is 0 Å². The first-order valence-corrected chi connectivity index (χ1v) is 3.47. The summed E-state index contributed by atoms with van der Waals surface area (Å²) >= 11 is 0. The van der Waals surface area contributed by atoms with Gasteiger partial charge in [-0.05, 0) is 0 Å². The van der Waals surface area contributed by atoms with Gasteiger partial charge in [-0.2, -0.15) is 4.39 Å². The number of aromatic nitrogens is 1. The molecule has 0 saturated carbocycles. The van der Waals surface area contributed by atoms with Crippen molar-refractivity contribution in [2.75, 3.05) is 14.2 Å². The highest BCUT2D eigenvalue weighted by atomic mass is 19.1. The lowest BCUT2D eigenvalue weighted by atomic mass is 10.3. The van der Waals surface area contributed by atoms with E-state index in [1.165, 1.54) is 20.3 Å². The van der Waals surface area contributed by atoms with Crippen molar-refractivity contribution < 1.29 is 18.7 Å². The van der Waals surface area contributed by atoms with Crippen molar-refractivity contribution in [3.63, 3.8) is 0 Å². The van der Waals surface area contributed by atoms with Crippen LogP contribution in [0, 0.1) is 5.95 Å². The molecule has 13 heavy (non-hydrogen) atoms. The molecule has 1 heterocycles. The minimum atomic E-state index is -0.754. The number of ether oxygens (including phenoxy) is 2. The number of carbonyl (C=O) groups excluding carboxylic acids is 1. The molecule has 0 amide bonds. The minimum absolute atomic E-state index is 0.0806. The maximum atomic E-state index is 12.7. The van der Waals surface area contributed by atoms with E-state index in [1.54, 1.807) is 0 Å². The van der Waals surface area contributed by atoms with E-state index in [4.69, 9.17) is 0 Å². The topological polar surface area (TPSA) is 48.4 Å². The minimum Gasteiger partial charge on any atom is -0.492 e. The molecule has 0 spiro atoms. The van der Waals surface area contributed by atoms with Gasteiger partial charge in [0.2, 0.25) is 0 Å². The van der Waals surface area contributed by atoms with Crippen molar-refractivity contribution in [1.82, 2.24) is 4.98 Å². The van der Waals surface area contributed by atoms with Crippen molar-refractivity contribution >= 4 is 5.97 Å². The van der Waals surface area contributed by atoms with E-state index in [9.17, 15) is 9.18 Å². The maximum Gasteiger partial charge on any atom is 0.339 e. The summed E-state index contributed by atoms with van der Waals surface area (Å²) in [6.07, 6.45) is 1.09. The summed E-state index contributed by atoms with van der Waals surface area (Å²) in [6, 6.07) is 1.23. The fraction of sp³-hybridized carbons (Fsp3) is 0.250. The molecule has 0 aliphatic carbocycles. The lowest BCUT2D eigenvalue weighted by molar-refractivity contribution is 0.0599. The number of hydrogen-bond donors (Lipinski definition) is 0. The molecule has 1 rings (SSSR count). The van der Waals surface area contributed by atoms with Gasteiger partial charge in [0, 0.05) is 12.3 Å². The third-order valence-electron chi connectivity index (χ3n) is 1.45. The molecule has 0 aromatic carbocycles. The lowest BCUT2D eigenvalue weighted by Gasteiger charge is -2.02. The quantitative estimate of drug-likeness (QED) is 0.509. The molecule has 70 valence electrons. The summed E-state index contributed by atoms with van der Waals surface area (Å²) in [5.41, 5.74) is 0.153. The Bertz CT molecular complexity index is 327. The van der Waals surface area contributed by atoms with E-state index < -0.39 is 11.9 Å². The van der Waals surface area contributed by atoms with E-state index in [0.29, 0.717) is 0 Å². The molecule has 0 radical (unpaired) electrons. The van der Waals surface area contributed by atoms with Crippen LogP contribution in [0.3, 0.4) is 0 Å². The predicted molar refractivity (Wildman–Crippen MR) is 42.1 cm³/mol. The van der Waals surface area contributed by atoms with Crippen LogP contribution in [-0.2, 0) is 4.74 Å². The van der Waals surface area contributed by atoms with Gasteiger partial charge in [0.05, 0.1) is 19.8 Å².